The molecular weight excluding hydrogens is 324 g/mol. The normalized spacial score (nSPS) is 10.3. The van der Waals surface area contributed by atoms with Crippen LogP contribution in [0.1, 0.15) is 21.5 Å². The molecule has 0 heterocycles. The van der Waals surface area contributed by atoms with Gasteiger partial charge in [0.15, 0.2) is 0 Å². The summed E-state index contributed by atoms with van der Waals surface area (Å²) in [6.45, 7) is 0.316. The molecule has 2 aromatic rings. The van der Waals surface area contributed by atoms with Crippen molar-refractivity contribution >= 4 is 18.3 Å². The van der Waals surface area contributed by atoms with Crippen LogP contribution in [0.4, 0.5) is 4.79 Å². The number of hydrogen-bond donors (Lipinski definition) is 1. The molecule has 7 nitrogen and oxygen atoms in total. The number of hydrogen-bond acceptors (Lipinski definition) is 6. The van der Waals surface area contributed by atoms with Gasteiger partial charge >= 0.3 is 12.1 Å². The van der Waals surface area contributed by atoms with E-state index in [1.807, 2.05) is 12.1 Å². The summed E-state index contributed by atoms with van der Waals surface area (Å²) in [4.78, 5) is 22.4. The van der Waals surface area contributed by atoms with Crippen molar-refractivity contribution < 1.29 is 23.8 Å². The van der Waals surface area contributed by atoms with E-state index in [9.17, 15) is 9.59 Å². The van der Waals surface area contributed by atoms with E-state index in [0.29, 0.717) is 23.5 Å². The zero-order valence-corrected chi connectivity index (χ0v) is 13.9. The van der Waals surface area contributed by atoms with Crippen LogP contribution in [-0.4, -0.2) is 32.5 Å². The van der Waals surface area contributed by atoms with Crippen molar-refractivity contribution in [2.45, 2.75) is 6.61 Å². The summed E-state index contributed by atoms with van der Waals surface area (Å²) in [7, 11) is 2.60. The smallest absolute Gasteiger partial charge is 0.427 e. The Morgan fingerprint density at radius 1 is 1.04 bits per heavy atom. The summed E-state index contributed by atoms with van der Waals surface area (Å²) in [6.07, 6.45) is 0.812. The largest absolute Gasteiger partial charge is 0.488 e. The monoisotopic (exact) mass is 342 g/mol. The average molecular weight is 342 g/mol. The lowest BCUT2D eigenvalue weighted by molar-refractivity contribution is 0.0600. The van der Waals surface area contributed by atoms with Gasteiger partial charge < -0.3 is 14.2 Å². The highest BCUT2D eigenvalue weighted by molar-refractivity contribution is 5.89. The Bertz CT molecular complexity index is 756. The molecule has 0 saturated carbocycles. The number of rotatable bonds is 6. The maximum atomic E-state index is 11.4. The molecule has 0 aliphatic rings. The van der Waals surface area contributed by atoms with Gasteiger partial charge in [-0.25, -0.2) is 15.0 Å². The van der Waals surface area contributed by atoms with E-state index in [1.54, 1.807) is 36.4 Å². The van der Waals surface area contributed by atoms with Crippen LogP contribution in [0.25, 0.3) is 0 Å². The van der Waals surface area contributed by atoms with Gasteiger partial charge in [0.05, 0.1) is 26.0 Å². The Morgan fingerprint density at radius 3 is 2.44 bits per heavy atom. The first-order valence-corrected chi connectivity index (χ1v) is 7.40. The highest BCUT2D eigenvalue weighted by atomic mass is 16.5. The highest BCUT2D eigenvalue weighted by Crippen LogP contribution is 2.18. The highest BCUT2D eigenvalue weighted by Gasteiger charge is 2.06. The Hall–Kier alpha value is -3.35. The summed E-state index contributed by atoms with van der Waals surface area (Å²) in [5.74, 6) is 0.224. The molecule has 0 spiro atoms. The summed E-state index contributed by atoms with van der Waals surface area (Å²) in [5, 5.41) is 3.79. The van der Waals surface area contributed by atoms with Gasteiger partial charge in [-0.2, -0.15) is 5.10 Å². The number of nitrogens with zero attached hydrogens (tertiary/aromatic N) is 1. The molecule has 0 saturated heterocycles. The molecule has 7 heteroatoms. The van der Waals surface area contributed by atoms with Crippen LogP contribution in [0.2, 0.25) is 0 Å². The van der Waals surface area contributed by atoms with Crippen LogP contribution in [0.5, 0.6) is 5.75 Å². The molecule has 2 aromatic carbocycles. The third-order valence-electron chi connectivity index (χ3n) is 3.23. The predicted molar refractivity (Wildman–Crippen MR) is 91.7 cm³/mol. The molecule has 0 aliphatic carbocycles. The number of carbonyl (C=O) groups excluding carboxylic acids is 2. The van der Waals surface area contributed by atoms with Crippen molar-refractivity contribution in [2.75, 3.05) is 14.2 Å². The van der Waals surface area contributed by atoms with Crippen LogP contribution in [0.15, 0.2) is 53.6 Å². The topological polar surface area (TPSA) is 86.2 Å². The van der Waals surface area contributed by atoms with Gasteiger partial charge in [0.1, 0.15) is 12.4 Å². The second-order valence-electron chi connectivity index (χ2n) is 4.88. The van der Waals surface area contributed by atoms with Crippen LogP contribution >= 0.6 is 0 Å². The van der Waals surface area contributed by atoms with Crippen molar-refractivity contribution in [1.29, 1.82) is 0 Å². The van der Waals surface area contributed by atoms with Gasteiger partial charge in [-0.1, -0.05) is 24.3 Å². The molecule has 2 rings (SSSR count). The molecule has 0 aliphatic heterocycles. The molecule has 1 N–H and O–H groups in total. The molecule has 1 amide bonds. The minimum Gasteiger partial charge on any atom is -0.488 e. The predicted octanol–water partition coefficient (Wildman–Crippen LogP) is 2.74. The zero-order chi connectivity index (χ0) is 18.1. The first kappa shape index (κ1) is 18.0. The van der Waals surface area contributed by atoms with E-state index in [0.717, 1.165) is 5.56 Å². The molecule has 0 radical (unpaired) electrons. The van der Waals surface area contributed by atoms with E-state index < -0.39 is 6.09 Å². The molecule has 0 fully saturated rings. The van der Waals surface area contributed by atoms with Crippen LogP contribution < -0.4 is 10.2 Å². The lowest BCUT2D eigenvalue weighted by atomic mass is 10.1. The Labute approximate surface area is 145 Å². The van der Waals surface area contributed by atoms with Crippen LogP contribution in [0.3, 0.4) is 0 Å². The average Bonchev–Trinajstić information content (AvgIpc) is 2.66. The number of nitrogens with one attached hydrogen (secondary N) is 1. The molecule has 25 heavy (non-hydrogen) atoms. The Kier molecular flexibility index (Phi) is 6.53. The number of methoxy groups -OCH3 is 2. The van der Waals surface area contributed by atoms with Gasteiger partial charge in [0.25, 0.3) is 0 Å². The second-order valence-corrected chi connectivity index (χ2v) is 4.88. The van der Waals surface area contributed by atoms with Crippen LogP contribution in [0, 0.1) is 0 Å². The SMILES string of the molecule is COC(=O)N/N=C/c1ccccc1OCc1ccc(C(=O)OC)cc1. The van der Waals surface area contributed by atoms with Gasteiger partial charge in [0.2, 0.25) is 0 Å². The third kappa shape index (κ3) is 5.35. The van der Waals surface area contributed by atoms with Crippen molar-refractivity contribution in [3.63, 3.8) is 0 Å². The number of esters is 1. The number of ether oxygens (including phenoxy) is 3. The molecule has 0 bridgehead atoms. The van der Waals surface area contributed by atoms with Gasteiger partial charge in [-0.3, -0.25) is 0 Å². The third-order valence-corrected chi connectivity index (χ3v) is 3.23. The molecule has 0 unspecified atom stereocenters. The van der Waals surface area contributed by atoms with Crippen molar-refractivity contribution in [3.8, 4) is 5.75 Å². The van der Waals surface area contributed by atoms with Crippen LogP contribution in [-0.2, 0) is 16.1 Å². The fourth-order valence-corrected chi connectivity index (χ4v) is 1.93. The Balaban J connectivity index is 2.01. The van der Waals surface area contributed by atoms with E-state index in [2.05, 4.69) is 20.0 Å². The number of hydrazone groups is 1. The minimum absolute atomic E-state index is 0.316. The van der Waals surface area contributed by atoms with Crippen molar-refractivity contribution in [1.82, 2.24) is 5.43 Å². The molecule has 0 atom stereocenters. The number of benzene rings is 2. The lowest BCUT2D eigenvalue weighted by Gasteiger charge is -2.09. The first-order valence-electron chi connectivity index (χ1n) is 7.40. The van der Waals surface area contributed by atoms with E-state index in [4.69, 9.17) is 4.74 Å². The Morgan fingerprint density at radius 2 is 1.76 bits per heavy atom. The number of amides is 1. The van der Waals surface area contributed by atoms with E-state index in [-0.39, 0.29) is 5.97 Å². The van der Waals surface area contributed by atoms with Crippen molar-refractivity contribution in [2.24, 2.45) is 5.10 Å². The van der Waals surface area contributed by atoms with E-state index in [1.165, 1.54) is 20.4 Å². The van der Waals surface area contributed by atoms with Crippen molar-refractivity contribution in [3.05, 3.63) is 65.2 Å². The van der Waals surface area contributed by atoms with Gasteiger partial charge in [-0.15, -0.1) is 0 Å². The first-order chi connectivity index (χ1) is 12.1. The molecule has 0 aromatic heterocycles. The summed E-state index contributed by atoms with van der Waals surface area (Å²) < 4.78 is 14.9. The van der Waals surface area contributed by atoms with Gasteiger partial charge in [-0.05, 0) is 29.8 Å². The standard InChI is InChI=1S/C18H18N2O5/c1-23-17(21)14-9-7-13(8-10-14)12-25-16-6-4-3-5-15(16)11-19-20-18(22)24-2/h3-11H,12H2,1-2H3,(H,20,22)/b19-11+. The maximum Gasteiger partial charge on any atom is 0.427 e. The summed E-state index contributed by atoms with van der Waals surface area (Å²) in [6, 6.07) is 14.2. The number of carbonyl (C=O) groups is 2. The maximum absolute atomic E-state index is 11.4. The fraction of sp³-hybridized carbons (Fsp3) is 0.167. The molecular formula is C18H18N2O5. The lowest BCUT2D eigenvalue weighted by Crippen LogP contribution is -2.16. The zero-order valence-electron chi connectivity index (χ0n) is 13.9. The fourth-order valence-electron chi connectivity index (χ4n) is 1.93. The van der Waals surface area contributed by atoms with Gasteiger partial charge in [0, 0.05) is 5.56 Å². The quantitative estimate of drug-likeness (QED) is 0.495. The minimum atomic E-state index is -0.652. The second kappa shape index (κ2) is 9.07. The number of para-hydroxylation sites is 1. The summed E-state index contributed by atoms with van der Waals surface area (Å²) >= 11 is 0. The van der Waals surface area contributed by atoms with E-state index >= 15 is 0 Å². The molecule has 130 valence electrons. The summed E-state index contributed by atoms with van der Waals surface area (Å²) in [5.41, 5.74) is 4.29.